The summed E-state index contributed by atoms with van der Waals surface area (Å²) in [4.78, 5) is 21.1. The lowest BCUT2D eigenvalue weighted by Gasteiger charge is -2.47. The Hall–Kier alpha value is -2.19. The van der Waals surface area contributed by atoms with Crippen LogP contribution in [0.3, 0.4) is 0 Å². The summed E-state index contributed by atoms with van der Waals surface area (Å²) < 4.78 is 16.6. The molecule has 4 heterocycles. The fraction of sp³-hybridized carbons (Fsp3) is 0.632. The van der Waals surface area contributed by atoms with E-state index < -0.39 is 0 Å². The van der Waals surface area contributed by atoms with Gasteiger partial charge in [-0.3, -0.25) is 9.69 Å². The highest BCUT2D eigenvalue weighted by atomic mass is 16.5. The van der Waals surface area contributed by atoms with Crippen LogP contribution in [-0.4, -0.2) is 64.2 Å². The second-order valence-corrected chi connectivity index (χ2v) is 7.59. The first kappa shape index (κ1) is 18.2. The Kier molecular flexibility index (Phi) is 4.77. The van der Waals surface area contributed by atoms with Crippen molar-refractivity contribution in [3.8, 4) is 0 Å². The highest BCUT2D eigenvalue weighted by Gasteiger charge is 2.41. The van der Waals surface area contributed by atoms with E-state index in [1.54, 1.807) is 6.92 Å². The topological polar surface area (TPSA) is 84.8 Å². The molecule has 1 spiro atoms. The molecular formula is C19H26N4O4. The van der Waals surface area contributed by atoms with Crippen LogP contribution in [0.5, 0.6) is 0 Å². The number of amides is 1. The zero-order valence-corrected chi connectivity index (χ0v) is 16.2. The first-order valence-corrected chi connectivity index (χ1v) is 9.45. The average molecular weight is 374 g/mol. The van der Waals surface area contributed by atoms with Crippen molar-refractivity contribution in [3.05, 3.63) is 34.9 Å². The van der Waals surface area contributed by atoms with E-state index in [-0.39, 0.29) is 11.5 Å². The van der Waals surface area contributed by atoms with E-state index in [0.29, 0.717) is 31.2 Å². The molecule has 1 amide bonds. The van der Waals surface area contributed by atoms with Crippen molar-refractivity contribution < 1.29 is 18.5 Å². The largest absolute Gasteiger partial charge is 0.448 e. The fourth-order valence-electron chi connectivity index (χ4n) is 4.05. The van der Waals surface area contributed by atoms with E-state index in [1.807, 2.05) is 18.7 Å². The summed E-state index contributed by atoms with van der Waals surface area (Å²) in [6.07, 6.45) is 3.13. The number of aromatic nitrogens is 2. The van der Waals surface area contributed by atoms with E-state index in [0.717, 1.165) is 43.9 Å². The second-order valence-electron chi connectivity index (χ2n) is 7.59. The molecule has 27 heavy (non-hydrogen) atoms. The smallest absolute Gasteiger partial charge is 0.276 e. The van der Waals surface area contributed by atoms with Crippen LogP contribution in [0.2, 0.25) is 0 Å². The summed E-state index contributed by atoms with van der Waals surface area (Å²) in [5.74, 6) is 1.39. The SMILES string of the molecule is Cc1noc(C)c1CN1CCC2(CC1)CN(C(=O)c1ncoc1C)CCO2. The highest BCUT2D eigenvalue weighted by molar-refractivity contribution is 5.93. The lowest BCUT2D eigenvalue weighted by molar-refractivity contribution is -0.128. The van der Waals surface area contributed by atoms with Crippen molar-refractivity contribution in [1.82, 2.24) is 19.9 Å². The Bertz CT molecular complexity index is 800. The molecule has 0 N–H and O–H groups in total. The van der Waals surface area contributed by atoms with Crippen LogP contribution in [0.4, 0.5) is 0 Å². The lowest BCUT2D eigenvalue weighted by Crippen LogP contribution is -2.58. The van der Waals surface area contributed by atoms with Crippen molar-refractivity contribution >= 4 is 5.91 Å². The number of hydrogen-bond acceptors (Lipinski definition) is 7. The van der Waals surface area contributed by atoms with E-state index in [2.05, 4.69) is 15.0 Å². The molecule has 2 aromatic rings. The number of likely N-dealkylation sites (tertiary alicyclic amines) is 1. The van der Waals surface area contributed by atoms with Gasteiger partial charge in [0.15, 0.2) is 12.1 Å². The van der Waals surface area contributed by atoms with Gasteiger partial charge in [0.25, 0.3) is 5.91 Å². The van der Waals surface area contributed by atoms with Crippen molar-refractivity contribution in [2.24, 2.45) is 0 Å². The van der Waals surface area contributed by atoms with Crippen molar-refractivity contribution in [2.75, 3.05) is 32.8 Å². The molecule has 0 atom stereocenters. The minimum atomic E-state index is -0.263. The van der Waals surface area contributed by atoms with E-state index in [4.69, 9.17) is 13.7 Å². The molecule has 0 bridgehead atoms. The summed E-state index contributed by atoms with van der Waals surface area (Å²) >= 11 is 0. The van der Waals surface area contributed by atoms with Crippen LogP contribution in [0.15, 0.2) is 15.3 Å². The van der Waals surface area contributed by atoms with Gasteiger partial charge >= 0.3 is 0 Å². The van der Waals surface area contributed by atoms with Crippen LogP contribution in [0, 0.1) is 20.8 Å². The van der Waals surface area contributed by atoms with Gasteiger partial charge < -0.3 is 18.6 Å². The van der Waals surface area contributed by atoms with Crippen LogP contribution < -0.4 is 0 Å². The molecule has 8 nitrogen and oxygen atoms in total. The summed E-state index contributed by atoms with van der Waals surface area (Å²) in [6.45, 7) is 10.2. The van der Waals surface area contributed by atoms with Gasteiger partial charge in [-0.15, -0.1) is 0 Å². The Balaban J connectivity index is 1.39. The quantitative estimate of drug-likeness (QED) is 0.813. The van der Waals surface area contributed by atoms with Gasteiger partial charge in [0, 0.05) is 31.7 Å². The van der Waals surface area contributed by atoms with Gasteiger partial charge in [0.1, 0.15) is 11.5 Å². The number of nitrogens with zero attached hydrogens (tertiary/aromatic N) is 4. The maximum Gasteiger partial charge on any atom is 0.276 e. The Morgan fingerprint density at radius 1 is 1.19 bits per heavy atom. The Labute approximate surface area is 158 Å². The normalized spacial score (nSPS) is 20.3. The number of aryl methyl sites for hydroxylation is 3. The number of piperidine rings is 1. The summed E-state index contributed by atoms with van der Waals surface area (Å²) in [7, 11) is 0. The molecule has 2 saturated heterocycles. The minimum absolute atomic E-state index is 0.0675. The van der Waals surface area contributed by atoms with Crippen molar-refractivity contribution in [1.29, 1.82) is 0 Å². The van der Waals surface area contributed by atoms with Gasteiger partial charge in [0.05, 0.1) is 24.4 Å². The predicted octanol–water partition coefficient (Wildman–Crippen LogP) is 2.10. The molecular weight excluding hydrogens is 348 g/mol. The minimum Gasteiger partial charge on any atom is -0.448 e. The molecule has 0 unspecified atom stereocenters. The van der Waals surface area contributed by atoms with Crippen LogP contribution in [0.1, 0.15) is 46.1 Å². The van der Waals surface area contributed by atoms with Crippen molar-refractivity contribution in [3.63, 3.8) is 0 Å². The molecule has 146 valence electrons. The van der Waals surface area contributed by atoms with Crippen LogP contribution in [-0.2, 0) is 11.3 Å². The van der Waals surface area contributed by atoms with E-state index >= 15 is 0 Å². The highest BCUT2D eigenvalue weighted by Crippen LogP contribution is 2.32. The van der Waals surface area contributed by atoms with Crippen LogP contribution >= 0.6 is 0 Å². The molecule has 8 heteroatoms. The maximum atomic E-state index is 12.8. The number of oxazole rings is 1. The molecule has 2 aliphatic heterocycles. The third kappa shape index (κ3) is 3.51. The summed E-state index contributed by atoms with van der Waals surface area (Å²) in [6, 6.07) is 0. The first-order valence-electron chi connectivity index (χ1n) is 9.45. The molecule has 2 aromatic heterocycles. The van der Waals surface area contributed by atoms with Gasteiger partial charge in [-0.25, -0.2) is 4.98 Å². The van der Waals surface area contributed by atoms with Crippen LogP contribution in [0.25, 0.3) is 0 Å². The third-order valence-corrected chi connectivity index (χ3v) is 5.81. The summed E-state index contributed by atoms with van der Waals surface area (Å²) in [5.41, 5.74) is 2.28. The number of ether oxygens (including phenoxy) is 1. The first-order chi connectivity index (χ1) is 13.0. The molecule has 0 saturated carbocycles. The number of carbonyl (C=O) groups is 1. The molecule has 0 radical (unpaired) electrons. The predicted molar refractivity (Wildman–Crippen MR) is 96.3 cm³/mol. The van der Waals surface area contributed by atoms with Gasteiger partial charge in [-0.05, 0) is 33.6 Å². The van der Waals surface area contributed by atoms with Gasteiger partial charge in [0.2, 0.25) is 0 Å². The van der Waals surface area contributed by atoms with Crippen molar-refractivity contribution in [2.45, 2.75) is 45.8 Å². The number of morpholine rings is 1. The zero-order chi connectivity index (χ0) is 19.0. The third-order valence-electron chi connectivity index (χ3n) is 5.81. The Morgan fingerprint density at radius 2 is 1.96 bits per heavy atom. The molecule has 0 aromatic carbocycles. The summed E-state index contributed by atoms with van der Waals surface area (Å²) in [5, 5.41) is 4.04. The molecule has 2 fully saturated rings. The number of carbonyl (C=O) groups excluding carboxylic acids is 1. The fourth-order valence-corrected chi connectivity index (χ4v) is 4.05. The average Bonchev–Trinajstić information content (AvgIpc) is 3.23. The zero-order valence-electron chi connectivity index (χ0n) is 16.2. The molecule has 4 rings (SSSR count). The maximum absolute atomic E-state index is 12.8. The number of hydrogen-bond donors (Lipinski definition) is 0. The van der Waals surface area contributed by atoms with Gasteiger partial charge in [-0.2, -0.15) is 0 Å². The lowest BCUT2D eigenvalue weighted by atomic mass is 9.89. The van der Waals surface area contributed by atoms with E-state index in [9.17, 15) is 4.79 Å². The molecule has 2 aliphatic rings. The Morgan fingerprint density at radius 3 is 2.59 bits per heavy atom. The van der Waals surface area contributed by atoms with E-state index in [1.165, 1.54) is 12.0 Å². The monoisotopic (exact) mass is 374 g/mol. The standard InChI is InChI=1S/C19H26N4O4/c1-13-16(14(2)27-21-13)10-22-6-4-19(5-7-22)11-23(8-9-26-19)18(24)17-15(3)25-12-20-17/h12H,4-11H2,1-3H3. The van der Waals surface area contributed by atoms with Gasteiger partial charge in [-0.1, -0.05) is 5.16 Å². The second kappa shape index (κ2) is 7.09. The molecule has 0 aliphatic carbocycles. The number of rotatable bonds is 3.